The Balaban J connectivity index is 4.32. The minimum Gasteiger partial charge on any atom is -0.458 e. The van der Waals surface area contributed by atoms with Crippen LogP contribution in [0.4, 0.5) is 0 Å². The number of carbonyl (C=O) groups is 2. The van der Waals surface area contributed by atoms with Gasteiger partial charge in [0.1, 0.15) is 6.61 Å². The predicted molar refractivity (Wildman–Crippen MR) is 192 cm³/mol. The summed E-state index contributed by atoms with van der Waals surface area (Å²) in [7, 11) is -4.38. The Labute approximate surface area is 287 Å². The van der Waals surface area contributed by atoms with Gasteiger partial charge in [-0.2, -0.15) is 0 Å². The van der Waals surface area contributed by atoms with Crippen molar-refractivity contribution in [2.75, 3.05) is 26.4 Å². The number of carbonyl (C=O) groups excluding carboxylic acids is 2. The summed E-state index contributed by atoms with van der Waals surface area (Å²) < 4.78 is 32.4. The van der Waals surface area contributed by atoms with Crippen molar-refractivity contribution in [3.8, 4) is 0 Å². The van der Waals surface area contributed by atoms with Crippen molar-refractivity contribution >= 4 is 19.8 Å². The molecule has 9 nitrogen and oxygen atoms in total. The summed E-state index contributed by atoms with van der Waals surface area (Å²) in [6, 6.07) is 0. The van der Waals surface area contributed by atoms with Gasteiger partial charge in [0.2, 0.25) is 0 Å². The van der Waals surface area contributed by atoms with E-state index in [0.717, 1.165) is 32.1 Å². The molecule has 2 atom stereocenters. The first kappa shape index (κ1) is 45.5. The van der Waals surface area contributed by atoms with Gasteiger partial charge < -0.3 is 20.1 Å². The van der Waals surface area contributed by atoms with Gasteiger partial charge >= 0.3 is 19.8 Å². The van der Waals surface area contributed by atoms with Gasteiger partial charge in [-0.25, -0.2) is 9.36 Å². The summed E-state index contributed by atoms with van der Waals surface area (Å²) in [6.45, 7) is 3.58. The maximum Gasteiger partial charge on any atom is 0.472 e. The molecule has 3 N–H and O–H groups in total. The van der Waals surface area contributed by atoms with E-state index in [0.29, 0.717) is 6.42 Å². The van der Waals surface area contributed by atoms with E-state index in [1.807, 2.05) is 12.2 Å². The molecule has 0 aromatic carbocycles. The summed E-state index contributed by atoms with van der Waals surface area (Å²) in [5.41, 5.74) is 5.32. The largest absolute Gasteiger partial charge is 0.472 e. The standard InChI is InChI=1S/C37H70NO8P/c1-3-5-7-9-11-13-15-16-17-18-20-21-23-25-27-29-36(39)43-33-35(34-45-47(41,42)44-32-31-38)46-37(40)30-28-26-24-22-19-14-12-10-8-6-4-2/h23,25,27,29,35H,3-22,24,26,28,30-34,38H2,1-2H3,(H,41,42)/b25-23+,29-27+/t35-/m1/s1. The molecule has 0 bridgehead atoms. The number of phosphoric acid groups is 1. The molecule has 0 aliphatic heterocycles. The summed E-state index contributed by atoms with van der Waals surface area (Å²) in [4.78, 5) is 34.5. The smallest absolute Gasteiger partial charge is 0.458 e. The molecule has 0 amide bonds. The number of nitrogens with two attached hydrogens (primary N) is 1. The Hall–Kier alpha value is -1.51. The highest BCUT2D eigenvalue weighted by molar-refractivity contribution is 7.47. The molecule has 0 aromatic heterocycles. The molecule has 0 fully saturated rings. The maximum absolute atomic E-state index is 12.5. The maximum atomic E-state index is 12.5. The van der Waals surface area contributed by atoms with Crippen molar-refractivity contribution in [3.63, 3.8) is 0 Å². The SMILES string of the molecule is CCCCCCCCCCCCC/C=C/C=C/C(=O)OC[C@H](COP(=O)(O)OCCN)OC(=O)CCCCCCCCCCCCC. The first-order valence-electron chi connectivity index (χ1n) is 18.9. The van der Waals surface area contributed by atoms with E-state index in [-0.39, 0.29) is 26.2 Å². The highest BCUT2D eigenvalue weighted by atomic mass is 31.2. The Kier molecular flexibility index (Phi) is 33.3. The van der Waals surface area contributed by atoms with Crippen LogP contribution in [0.5, 0.6) is 0 Å². The molecule has 276 valence electrons. The number of unbranched alkanes of at least 4 members (excludes halogenated alkanes) is 21. The third-order valence-electron chi connectivity index (χ3n) is 7.94. The Bertz CT molecular complexity index is 835. The minimum atomic E-state index is -4.38. The van der Waals surface area contributed by atoms with Gasteiger partial charge in [0.05, 0.1) is 13.2 Å². The van der Waals surface area contributed by atoms with Crippen LogP contribution in [0.15, 0.2) is 24.3 Å². The lowest BCUT2D eigenvalue weighted by molar-refractivity contribution is -0.159. The lowest BCUT2D eigenvalue weighted by Crippen LogP contribution is -2.29. The number of hydrogen-bond donors (Lipinski definition) is 2. The predicted octanol–water partition coefficient (Wildman–Crippen LogP) is 10.0. The van der Waals surface area contributed by atoms with Gasteiger partial charge in [-0.05, 0) is 19.3 Å². The fourth-order valence-electron chi connectivity index (χ4n) is 5.14. The zero-order chi connectivity index (χ0) is 34.7. The van der Waals surface area contributed by atoms with Crippen LogP contribution < -0.4 is 5.73 Å². The first-order valence-corrected chi connectivity index (χ1v) is 20.4. The molecule has 0 saturated heterocycles. The second kappa shape index (κ2) is 34.4. The van der Waals surface area contributed by atoms with Crippen LogP contribution in [0.1, 0.15) is 168 Å². The number of rotatable bonds is 35. The first-order chi connectivity index (χ1) is 22.8. The minimum absolute atomic E-state index is 0.0446. The fraction of sp³-hybridized carbons (Fsp3) is 0.838. The van der Waals surface area contributed by atoms with Gasteiger partial charge in [-0.15, -0.1) is 0 Å². The van der Waals surface area contributed by atoms with Crippen molar-refractivity contribution in [2.24, 2.45) is 5.73 Å². The van der Waals surface area contributed by atoms with E-state index in [4.69, 9.17) is 24.3 Å². The summed E-state index contributed by atoms with van der Waals surface area (Å²) in [5.74, 6) is -1.08. The molecule has 0 radical (unpaired) electrons. The molecule has 0 aliphatic carbocycles. The average Bonchev–Trinajstić information content (AvgIpc) is 3.05. The fourth-order valence-corrected chi connectivity index (χ4v) is 5.90. The number of allylic oxidation sites excluding steroid dienone is 3. The molecule has 0 aromatic rings. The zero-order valence-electron chi connectivity index (χ0n) is 30.0. The zero-order valence-corrected chi connectivity index (χ0v) is 30.9. The molecular formula is C37H70NO8P. The van der Waals surface area contributed by atoms with Crippen molar-refractivity contribution in [1.82, 2.24) is 0 Å². The Morgan fingerprint density at radius 2 is 1.17 bits per heavy atom. The summed E-state index contributed by atoms with van der Waals surface area (Å²) in [5, 5.41) is 0. The van der Waals surface area contributed by atoms with Gasteiger partial charge in [-0.1, -0.05) is 160 Å². The van der Waals surface area contributed by atoms with Crippen molar-refractivity contribution in [2.45, 2.75) is 174 Å². The van der Waals surface area contributed by atoms with Crippen LogP contribution in [0.3, 0.4) is 0 Å². The number of hydrogen-bond acceptors (Lipinski definition) is 8. The Morgan fingerprint density at radius 3 is 1.68 bits per heavy atom. The van der Waals surface area contributed by atoms with E-state index in [2.05, 4.69) is 13.8 Å². The number of esters is 2. The van der Waals surface area contributed by atoms with Crippen LogP contribution in [0.2, 0.25) is 0 Å². The van der Waals surface area contributed by atoms with Crippen LogP contribution in [0, 0.1) is 0 Å². The van der Waals surface area contributed by atoms with Gasteiger partial charge in [0.25, 0.3) is 0 Å². The molecule has 10 heteroatoms. The number of ether oxygens (including phenoxy) is 2. The van der Waals surface area contributed by atoms with Crippen LogP contribution in [-0.4, -0.2) is 49.3 Å². The van der Waals surface area contributed by atoms with E-state index in [1.165, 1.54) is 115 Å². The second-order valence-electron chi connectivity index (χ2n) is 12.5. The van der Waals surface area contributed by atoms with E-state index >= 15 is 0 Å². The molecule has 1 unspecified atom stereocenters. The third kappa shape index (κ3) is 34.2. The lowest BCUT2D eigenvalue weighted by Gasteiger charge is -2.19. The van der Waals surface area contributed by atoms with Crippen LogP contribution >= 0.6 is 7.82 Å². The molecule has 0 saturated carbocycles. The third-order valence-corrected chi connectivity index (χ3v) is 8.93. The normalized spacial score (nSPS) is 13.7. The van der Waals surface area contributed by atoms with Crippen molar-refractivity contribution in [1.29, 1.82) is 0 Å². The van der Waals surface area contributed by atoms with Crippen LogP contribution in [0.25, 0.3) is 0 Å². The molecule has 0 rings (SSSR count). The van der Waals surface area contributed by atoms with Gasteiger partial charge in [0, 0.05) is 19.0 Å². The summed E-state index contributed by atoms with van der Waals surface area (Å²) in [6.07, 6.45) is 34.1. The van der Waals surface area contributed by atoms with Crippen molar-refractivity contribution < 1.29 is 37.6 Å². The Morgan fingerprint density at radius 1 is 0.681 bits per heavy atom. The number of phosphoric ester groups is 1. The summed E-state index contributed by atoms with van der Waals surface area (Å²) >= 11 is 0. The quantitative estimate of drug-likeness (QED) is 0.0219. The monoisotopic (exact) mass is 687 g/mol. The van der Waals surface area contributed by atoms with E-state index < -0.39 is 32.5 Å². The highest BCUT2D eigenvalue weighted by Gasteiger charge is 2.25. The molecule has 0 heterocycles. The van der Waals surface area contributed by atoms with Crippen molar-refractivity contribution in [3.05, 3.63) is 24.3 Å². The van der Waals surface area contributed by atoms with Gasteiger partial charge in [0.15, 0.2) is 6.10 Å². The molecule has 0 spiro atoms. The van der Waals surface area contributed by atoms with E-state index in [9.17, 15) is 19.0 Å². The second-order valence-corrected chi connectivity index (χ2v) is 14.0. The average molecular weight is 688 g/mol. The molecular weight excluding hydrogens is 617 g/mol. The highest BCUT2D eigenvalue weighted by Crippen LogP contribution is 2.43. The van der Waals surface area contributed by atoms with Gasteiger partial charge in [-0.3, -0.25) is 13.8 Å². The molecule has 0 aliphatic rings. The topological polar surface area (TPSA) is 134 Å². The van der Waals surface area contributed by atoms with Crippen LogP contribution in [-0.2, 0) is 32.7 Å². The lowest BCUT2D eigenvalue weighted by atomic mass is 10.1. The molecule has 47 heavy (non-hydrogen) atoms. The van der Waals surface area contributed by atoms with E-state index in [1.54, 1.807) is 6.08 Å².